The second-order valence-corrected chi connectivity index (χ2v) is 7.66. The lowest BCUT2D eigenvalue weighted by molar-refractivity contribution is -0.123. The average Bonchev–Trinajstić information content (AvgIpc) is 2.97. The Morgan fingerprint density at radius 3 is 2.63 bits per heavy atom. The molecule has 1 aliphatic heterocycles. The van der Waals surface area contributed by atoms with Crippen molar-refractivity contribution in [2.24, 2.45) is 0 Å². The Hall–Kier alpha value is -2.27. The number of hydrogen-bond acceptors (Lipinski definition) is 4. The Morgan fingerprint density at radius 1 is 1.07 bits per heavy atom. The van der Waals surface area contributed by atoms with Gasteiger partial charge in [-0.1, -0.05) is 43.2 Å². The molecule has 0 radical (unpaired) electrons. The Kier molecular flexibility index (Phi) is 5.78. The lowest BCUT2D eigenvalue weighted by Gasteiger charge is -2.27. The third kappa shape index (κ3) is 4.53. The van der Waals surface area contributed by atoms with E-state index in [0.717, 1.165) is 55.0 Å². The summed E-state index contributed by atoms with van der Waals surface area (Å²) in [6, 6.07) is 10.1. The van der Waals surface area contributed by atoms with Crippen LogP contribution in [0.25, 0.3) is 11.4 Å². The van der Waals surface area contributed by atoms with Gasteiger partial charge in [0.25, 0.3) is 0 Å². The van der Waals surface area contributed by atoms with Crippen LogP contribution in [0.1, 0.15) is 55.8 Å². The summed E-state index contributed by atoms with van der Waals surface area (Å²) in [6.45, 7) is 2.59. The molecule has 2 aromatic rings. The minimum atomic E-state index is 0.0399. The molecule has 1 aliphatic carbocycles. The van der Waals surface area contributed by atoms with E-state index in [1.165, 1.54) is 25.7 Å². The van der Waals surface area contributed by atoms with Crippen LogP contribution in [-0.2, 0) is 11.2 Å². The number of hydrogen-bond donors (Lipinski definition) is 1. The topological polar surface area (TPSA) is 58.1 Å². The summed E-state index contributed by atoms with van der Waals surface area (Å²) in [6.07, 6.45) is 9.87. The maximum absolute atomic E-state index is 12.6. The van der Waals surface area contributed by atoms with Gasteiger partial charge < -0.3 is 5.32 Å². The summed E-state index contributed by atoms with van der Waals surface area (Å²) in [7, 11) is 0. The Morgan fingerprint density at radius 2 is 1.85 bits per heavy atom. The van der Waals surface area contributed by atoms with Crippen LogP contribution in [0.5, 0.6) is 0 Å². The number of amides is 1. The van der Waals surface area contributed by atoms with Crippen molar-refractivity contribution in [2.45, 2.75) is 51.0 Å². The number of aryl methyl sites for hydroxylation is 1. The highest BCUT2D eigenvalue weighted by Gasteiger charge is 2.24. The molecule has 5 heteroatoms. The maximum atomic E-state index is 12.6. The lowest BCUT2D eigenvalue weighted by atomic mass is 9.92. The number of likely N-dealkylation sites (tertiary alicyclic amines) is 1. The predicted molar refractivity (Wildman–Crippen MR) is 106 cm³/mol. The van der Waals surface area contributed by atoms with E-state index in [2.05, 4.69) is 15.2 Å². The van der Waals surface area contributed by atoms with Gasteiger partial charge in [-0.15, -0.1) is 0 Å². The largest absolute Gasteiger partial charge is 0.348 e. The van der Waals surface area contributed by atoms with Crippen molar-refractivity contribution in [3.8, 4) is 11.4 Å². The summed E-state index contributed by atoms with van der Waals surface area (Å²) >= 11 is 0. The molecule has 1 unspecified atom stereocenters. The van der Waals surface area contributed by atoms with Gasteiger partial charge >= 0.3 is 0 Å². The fourth-order valence-corrected chi connectivity index (χ4v) is 4.16. The molecule has 1 aromatic heterocycles. The first kappa shape index (κ1) is 18.1. The molecule has 1 fully saturated rings. The minimum Gasteiger partial charge on any atom is -0.348 e. The molecular weight excluding hydrogens is 336 g/mol. The monoisotopic (exact) mass is 364 g/mol. The number of nitrogens with zero attached hydrogens (tertiary/aromatic N) is 3. The highest BCUT2D eigenvalue weighted by molar-refractivity contribution is 5.78. The SMILES string of the molecule is O=C(CN1CCCCCC1)NC1CCCc2nc(-c3ccccc3)ncc21. The molecule has 1 saturated heterocycles. The molecule has 2 heterocycles. The fraction of sp³-hybridized carbons (Fsp3) is 0.500. The summed E-state index contributed by atoms with van der Waals surface area (Å²) in [5.74, 6) is 0.896. The number of benzene rings is 1. The number of carbonyl (C=O) groups is 1. The molecule has 142 valence electrons. The van der Waals surface area contributed by atoms with Crippen molar-refractivity contribution in [3.63, 3.8) is 0 Å². The highest BCUT2D eigenvalue weighted by Crippen LogP contribution is 2.29. The van der Waals surface area contributed by atoms with Gasteiger partial charge in [0.15, 0.2) is 5.82 Å². The zero-order valence-corrected chi connectivity index (χ0v) is 15.9. The minimum absolute atomic E-state index is 0.0399. The van der Waals surface area contributed by atoms with Gasteiger partial charge in [-0.05, 0) is 45.2 Å². The van der Waals surface area contributed by atoms with Gasteiger partial charge in [0.05, 0.1) is 12.6 Å². The maximum Gasteiger partial charge on any atom is 0.234 e. The first-order valence-electron chi connectivity index (χ1n) is 10.2. The number of nitrogens with one attached hydrogen (secondary N) is 1. The van der Waals surface area contributed by atoms with E-state index in [-0.39, 0.29) is 11.9 Å². The van der Waals surface area contributed by atoms with E-state index in [9.17, 15) is 4.79 Å². The lowest BCUT2D eigenvalue weighted by Crippen LogP contribution is -2.40. The first-order valence-corrected chi connectivity index (χ1v) is 10.2. The van der Waals surface area contributed by atoms with Gasteiger partial charge in [0.1, 0.15) is 0 Å². The average molecular weight is 364 g/mol. The van der Waals surface area contributed by atoms with E-state index in [1.54, 1.807) is 0 Å². The van der Waals surface area contributed by atoms with Crippen LogP contribution in [0.2, 0.25) is 0 Å². The van der Waals surface area contributed by atoms with Gasteiger partial charge in [-0.25, -0.2) is 9.97 Å². The third-order valence-electron chi connectivity index (χ3n) is 5.61. The second kappa shape index (κ2) is 8.61. The van der Waals surface area contributed by atoms with Crippen molar-refractivity contribution in [2.75, 3.05) is 19.6 Å². The molecule has 4 rings (SSSR count). The van der Waals surface area contributed by atoms with Crippen LogP contribution in [0.15, 0.2) is 36.5 Å². The quantitative estimate of drug-likeness (QED) is 0.902. The Bertz CT molecular complexity index is 769. The molecule has 0 spiro atoms. The van der Waals surface area contributed by atoms with E-state index in [1.807, 2.05) is 36.5 Å². The number of aromatic nitrogens is 2. The molecule has 0 saturated carbocycles. The summed E-state index contributed by atoms with van der Waals surface area (Å²) < 4.78 is 0. The van der Waals surface area contributed by atoms with Gasteiger partial charge in [-0.3, -0.25) is 9.69 Å². The Balaban J connectivity index is 1.44. The number of fused-ring (bicyclic) bond motifs is 1. The smallest absolute Gasteiger partial charge is 0.234 e. The predicted octanol–water partition coefficient (Wildman–Crippen LogP) is 3.51. The molecular formula is C22H28N4O. The molecule has 1 amide bonds. The van der Waals surface area contributed by atoms with E-state index in [4.69, 9.17) is 4.98 Å². The van der Waals surface area contributed by atoms with Crippen LogP contribution < -0.4 is 5.32 Å². The first-order chi connectivity index (χ1) is 13.3. The van der Waals surface area contributed by atoms with Gasteiger partial charge in [-0.2, -0.15) is 0 Å². The van der Waals surface area contributed by atoms with Gasteiger partial charge in [0.2, 0.25) is 5.91 Å². The number of carbonyl (C=O) groups excluding carboxylic acids is 1. The van der Waals surface area contributed by atoms with Crippen molar-refractivity contribution < 1.29 is 4.79 Å². The van der Waals surface area contributed by atoms with Crippen LogP contribution in [-0.4, -0.2) is 40.4 Å². The molecule has 27 heavy (non-hydrogen) atoms. The Labute approximate surface area is 161 Å². The van der Waals surface area contributed by atoms with Crippen LogP contribution in [0.4, 0.5) is 0 Å². The molecule has 1 atom stereocenters. The van der Waals surface area contributed by atoms with E-state index >= 15 is 0 Å². The van der Waals surface area contributed by atoms with Crippen LogP contribution >= 0.6 is 0 Å². The van der Waals surface area contributed by atoms with E-state index < -0.39 is 0 Å². The van der Waals surface area contributed by atoms with Crippen LogP contribution in [0, 0.1) is 0 Å². The molecule has 2 aliphatic rings. The molecule has 0 bridgehead atoms. The second-order valence-electron chi connectivity index (χ2n) is 7.66. The molecule has 1 N–H and O–H groups in total. The zero-order valence-electron chi connectivity index (χ0n) is 15.9. The van der Waals surface area contributed by atoms with E-state index in [0.29, 0.717) is 6.54 Å². The van der Waals surface area contributed by atoms with Crippen LogP contribution in [0.3, 0.4) is 0 Å². The summed E-state index contributed by atoms with van der Waals surface area (Å²) in [5, 5.41) is 3.24. The third-order valence-corrected chi connectivity index (χ3v) is 5.61. The fourth-order valence-electron chi connectivity index (χ4n) is 4.16. The van der Waals surface area contributed by atoms with Gasteiger partial charge in [0, 0.05) is 23.0 Å². The molecule has 1 aromatic carbocycles. The van der Waals surface area contributed by atoms with Crippen molar-refractivity contribution >= 4 is 5.91 Å². The van der Waals surface area contributed by atoms with Crippen molar-refractivity contribution in [1.29, 1.82) is 0 Å². The molecule has 5 nitrogen and oxygen atoms in total. The highest BCUT2D eigenvalue weighted by atomic mass is 16.2. The normalized spacial score (nSPS) is 20.5. The summed E-state index contributed by atoms with van der Waals surface area (Å²) in [4.78, 5) is 24.3. The van der Waals surface area contributed by atoms with Crippen molar-refractivity contribution in [1.82, 2.24) is 20.2 Å². The number of rotatable bonds is 4. The summed E-state index contributed by atoms with van der Waals surface area (Å²) in [5.41, 5.74) is 3.20. The standard InChI is InChI=1S/C22H28N4O/c27-21(16-26-13-6-1-2-7-14-26)24-19-11-8-12-20-18(19)15-23-22(25-20)17-9-4-3-5-10-17/h3-5,9-10,15,19H,1-2,6-8,11-14,16H2,(H,24,27). The zero-order chi connectivity index (χ0) is 18.5. The van der Waals surface area contributed by atoms with Crippen molar-refractivity contribution in [3.05, 3.63) is 47.8 Å².